The minimum Gasteiger partial charge on any atom is -0.325 e. The van der Waals surface area contributed by atoms with E-state index < -0.39 is 5.41 Å². The lowest BCUT2D eigenvalue weighted by Gasteiger charge is -2.15. The van der Waals surface area contributed by atoms with Gasteiger partial charge in [-0.15, -0.1) is 0 Å². The first-order chi connectivity index (χ1) is 7.55. The van der Waals surface area contributed by atoms with Crippen molar-refractivity contribution in [1.82, 2.24) is 0 Å². The van der Waals surface area contributed by atoms with Crippen LogP contribution in [0.2, 0.25) is 0 Å². The molecule has 1 heterocycles. The van der Waals surface area contributed by atoms with E-state index in [4.69, 9.17) is 0 Å². The van der Waals surface area contributed by atoms with E-state index in [1.807, 2.05) is 32.0 Å². The Morgan fingerprint density at radius 3 is 2.81 bits per heavy atom. The highest BCUT2D eigenvalue weighted by Gasteiger charge is 2.38. The highest BCUT2D eigenvalue weighted by Crippen LogP contribution is 2.37. The summed E-state index contributed by atoms with van der Waals surface area (Å²) in [4.78, 5) is 22.0. The number of nitrogens with one attached hydrogen (secondary N) is 1. The van der Waals surface area contributed by atoms with Gasteiger partial charge in [0.2, 0.25) is 5.91 Å². The lowest BCUT2D eigenvalue weighted by Crippen LogP contribution is -2.26. The van der Waals surface area contributed by atoms with Crippen molar-refractivity contribution in [3.05, 3.63) is 29.3 Å². The van der Waals surface area contributed by atoms with Crippen LogP contribution in [0, 0.1) is 0 Å². The third-order valence-electron chi connectivity index (χ3n) is 3.12. The first-order valence-corrected chi connectivity index (χ1v) is 5.44. The molecule has 0 fully saturated rings. The highest BCUT2D eigenvalue weighted by molar-refractivity contribution is 6.05. The summed E-state index contributed by atoms with van der Waals surface area (Å²) in [5.74, 6) is 0.0371. The number of benzene rings is 1. The van der Waals surface area contributed by atoms with Gasteiger partial charge < -0.3 is 10.1 Å². The number of hydrogen-bond acceptors (Lipinski definition) is 2. The van der Waals surface area contributed by atoms with Crippen LogP contribution in [0.4, 0.5) is 5.69 Å². The zero-order valence-corrected chi connectivity index (χ0v) is 9.54. The summed E-state index contributed by atoms with van der Waals surface area (Å²) < 4.78 is 0. The highest BCUT2D eigenvalue weighted by atomic mass is 16.2. The molecule has 1 aliphatic rings. The summed E-state index contributed by atoms with van der Waals surface area (Å²) in [5, 5.41) is 2.86. The van der Waals surface area contributed by atoms with E-state index in [0.29, 0.717) is 6.42 Å². The first-order valence-electron chi connectivity index (χ1n) is 5.44. The first kappa shape index (κ1) is 10.9. The Morgan fingerprint density at radius 2 is 2.12 bits per heavy atom. The number of carbonyl (C=O) groups is 2. The number of anilines is 1. The van der Waals surface area contributed by atoms with Gasteiger partial charge in [-0.3, -0.25) is 4.79 Å². The number of carbonyl (C=O) groups excluding carboxylic acids is 2. The molecule has 0 bridgehead atoms. The molecule has 3 nitrogen and oxygen atoms in total. The Kier molecular flexibility index (Phi) is 2.54. The van der Waals surface area contributed by atoms with Crippen LogP contribution in [0.15, 0.2) is 18.2 Å². The average molecular weight is 217 g/mol. The Bertz CT molecular complexity index is 449. The van der Waals surface area contributed by atoms with E-state index in [-0.39, 0.29) is 5.91 Å². The Hall–Kier alpha value is -1.64. The van der Waals surface area contributed by atoms with Crippen molar-refractivity contribution >= 4 is 17.9 Å². The van der Waals surface area contributed by atoms with Gasteiger partial charge >= 0.3 is 0 Å². The van der Waals surface area contributed by atoms with Gasteiger partial charge in [0.25, 0.3) is 0 Å². The molecular formula is C13H15NO2. The molecule has 1 aromatic carbocycles. The van der Waals surface area contributed by atoms with Gasteiger partial charge in [0.15, 0.2) is 0 Å². The maximum absolute atomic E-state index is 11.7. The fourth-order valence-corrected chi connectivity index (χ4v) is 2.00. The molecule has 0 saturated carbocycles. The molecule has 3 heteroatoms. The third kappa shape index (κ3) is 1.62. The summed E-state index contributed by atoms with van der Waals surface area (Å²) in [7, 11) is 0. The number of amides is 1. The fourth-order valence-electron chi connectivity index (χ4n) is 2.00. The Morgan fingerprint density at radius 1 is 1.38 bits per heavy atom. The Labute approximate surface area is 94.9 Å². The second-order valence-corrected chi connectivity index (χ2v) is 4.66. The zero-order chi connectivity index (χ0) is 11.8. The van der Waals surface area contributed by atoms with Gasteiger partial charge in [0.05, 0.1) is 5.41 Å². The molecule has 0 aliphatic carbocycles. The van der Waals surface area contributed by atoms with Crippen molar-refractivity contribution in [2.75, 3.05) is 5.32 Å². The monoisotopic (exact) mass is 217 g/mol. The predicted octanol–water partition coefficient (Wildman–Crippen LogP) is 2.05. The lowest BCUT2D eigenvalue weighted by atomic mass is 9.85. The molecule has 1 aliphatic heterocycles. The number of hydrogen-bond donors (Lipinski definition) is 1. The molecule has 2 rings (SSSR count). The molecule has 0 radical (unpaired) electrons. The van der Waals surface area contributed by atoms with Crippen molar-refractivity contribution < 1.29 is 9.59 Å². The van der Waals surface area contributed by atoms with Crippen LogP contribution in [0.1, 0.15) is 31.4 Å². The molecule has 0 atom stereocenters. The number of rotatable bonds is 3. The average Bonchev–Trinajstić information content (AvgIpc) is 2.48. The van der Waals surface area contributed by atoms with Gasteiger partial charge in [0.1, 0.15) is 6.29 Å². The predicted molar refractivity (Wildman–Crippen MR) is 62.5 cm³/mol. The van der Waals surface area contributed by atoms with Gasteiger partial charge in [-0.2, -0.15) is 0 Å². The summed E-state index contributed by atoms with van der Waals surface area (Å²) in [6.45, 7) is 3.83. The quantitative estimate of drug-likeness (QED) is 0.787. The summed E-state index contributed by atoms with van der Waals surface area (Å²) in [6.07, 6.45) is 2.18. The van der Waals surface area contributed by atoms with E-state index in [1.165, 1.54) is 0 Å². The topological polar surface area (TPSA) is 46.2 Å². The molecule has 16 heavy (non-hydrogen) atoms. The van der Waals surface area contributed by atoms with Crippen LogP contribution in [0.3, 0.4) is 0 Å². The van der Waals surface area contributed by atoms with E-state index in [1.54, 1.807) is 0 Å². The molecule has 0 spiro atoms. The summed E-state index contributed by atoms with van der Waals surface area (Å²) in [5.41, 5.74) is 2.56. The van der Waals surface area contributed by atoms with Crippen LogP contribution in [0.25, 0.3) is 0 Å². The molecule has 1 amide bonds. The molecule has 0 saturated heterocycles. The summed E-state index contributed by atoms with van der Waals surface area (Å²) >= 11 is 0. The summed E-state index contributed by atoms with van der Waals surface area (Å²) in [6, 6.07) is 5.91. The van der Waals surface area contributed by atoms with E-state index >= 15 is 0 Å². The van der Waals surface area contributed by atoms with Crippen LogP contribution in [-0.4, -0.2) is 12.2 Å². The fraction of sp³-hybridized carbons (Fsp3) is 0.385. The molecule has 0 aromatic heterocycles. The number of aldehydes is 1. The number of fused-ring (bicyclic) bond motifs is 1. The second kappa shape index (κ2) is 3.74. The van der Waals surface area contributed by atoms with E-state index in [0.717, 1.165) is 29.5 Å². The van der Waals surface area contributed by atoms with E-state index in [2.05, 4.69) is 5.32 Å². The van der Waals surface area contributed by atoms with Gasteiger partial charge in [-0.05, 0) is 37.5 Å². The van der Waals surface area contributed by atoms with Gasteiger partial charge in [-0.25, -0.2) is 0 Å². The molecule has 1 N–H and O–H groups in total. The van der Waals surface area contributed by atoms with Gasteiger partial charge in [-0.1, -0.05) is 12.1 Å². The minimum atomic E-state index is -0.466. The van der Waals surface area contributed by atoms with E-state index in [9.17, 15) is 9.59 Å². The largest absolute Gasteiger partial charge is 0.325 e. The lowest BCUT2D eigenvalue weighted by molar-refractivity contribution is -0.119. The second-order valence-electron chi connectivity index (χ2n) is 4.66. The van der Waals surface area contributed by atoms with Crippen molar-refractivity contribution in [3.63, 3.8) is 0 Å². The molecule has 0 unspecified atom stereocenters. The molecule has 1 aromatic rings. The third-order valence-corrected chi connectivity index (χ3v) is 3.12. The standard InChI is InChI=1S/C13H15NO2/c1-13(2)10-8-9(4-3-7-15)5-6-11(10)14-12(13)16/h5-8H,3-4H2,1-2H3,(H,14,16). The maximum atomic E-state index is 11.7. The SMILES string of the molecule is CC1(C)C(=O)Nc2ccc(CCC=O)cc21. The van der Waals surface area contributed by atoms with Crippen molar-refractivity contribution in [2.24, 2.45) is 0 Å². The van der Waals surface area contributed by atoms with Gasteiger partial charge in [0, 0.05) is 12.1 Å². The van der Waals surface area contributed by atoms with Crippen molar-refractivity contribution in [3.8, 4) is 0 Å². The minimum absolute atomic E-state index is 0.0371. The Balaban J connectivity index is 2.36. The van der Waals surface area contributed by atoms with Crippen LogP contribution >= 0.6 is 0 Å². The van der Waals surface area contributed by atoms with Crippen LogP contribution in [0.5, 0.6) is 0 Å². The van der Waals surface area contributed by atoms with Crippen LogP contribution in [-0.2, 0) is 21.4 Å². The molecular weight excluding hydrogens is 202 g/mol. The zero-order valence-electron chi connectivity index (χ0n) is 9.54. The number of aryl methyl sites for hydroxylation is 1. The molecule has 84 valence electrons. The maximum Gasteiger partial charge on any atom is 0.234 e. The van der Waals surface area contributed by atoms with Crippen LogP contribution < -0.4 is 5.32 Å². The smallest absolute Gasteiger partial charge is 0.234 e. The normalized spacial score (nSPS) is 16.8. The van der Waals surface area contributed by atoms with Crippen molar-refractivity contribution in [1.29, 1.82) is 0 Å². The van der Waals surface area contributed by atoms with Crippen molar-refractivity contribution in [2.45, 2.75) is 32.1 Å².